The quantitative estimate of drug-likeness (QED) is 0.604. The molecule has 3 nitrogen and oxygen atoms in total. The van der Waals surface area contributed by atoms with E-state index in [0.717, 1.165) is 13.0 Å². The number of hydrogen-bond acceptors (Lipinski definition) is 2. The number of rotatable bonds is 1. The largest absolute Gasteiger partial charge is 0.326 e. The molecule has 0 amide bonds. The first-order valence-corrected chi connectivity index (χ1v) is 3.65. The zero-order valence-electron chi connectivity index (χ0n) is 5.88. The third-order valence-corrected chi connectivity index (χ3v) is 2.04. The second-order valence-electron chi connectivity index (χ2n) is 2.65. The molecule has 54 valence electrons. The molecule has 1 aromatic rings. The van der Waals surface area contributed by atoms with Crippen molar-refractivity contribution in [2.75, 3.05) is 0 Å². The maximum atomic E-state index is 5.51. The third-order valence-electron chi connectivity index (χ3n) is 2.04. The highest BCUT2D eigenvalue weighted by atomic mass is 15.3. The summed E-state index contributed by atoms with van der Waals surface area (Å²) in [5, 5.41) is 4.20. The smallest absolute Gasteiger partial charge is 0.0537 e. The van der Waals surface area contributed by atoms with Gasteiger partial charge in [-0.15, -0.1) is 0 Å². The van der Waals surface area contributed by atoms with Crippen LogP contribution in [0.2, 0.25) is 0 Å². The summed E-state index contributed by atoms with van der Waals surface area (Å²) >= 11 is 0. The fourth-order valence-electron chi connectivity index (χ4n) is 1.50. The normalized spacial score (nSPS) is 15.7. The van der Waals surface area contributed by atoms with Gasteiger partial charge >= 0.3 is 0 Å². The first-order valence-electron chi connectivity index (χ1n) is 3.65. The summed E-state index contributed by atoms with van der Waals surface area (Å²) in [4.78, 5) is 0. The van der Waals surface area contributed by atoms with Gasteiger partial charge in [0.2, 0.25) is 0 Å². The standard InChI is InChI=1S/C7H11N3/c8-4-6-5-9-10-3-1-2-7(6)10/h5H,1-4,8H2. The van der Waals surface area contributed by atoms with Crippen LogP contribution in [-0.4, -0.2) is 9.78 Å². The molecule has 1 aliphatic heterocycles. The molecule has 0 aliphatic carbocycles. The van der Waals surface area contributed by atoms with Crippen LogP contribution >= 0.6 is 0 Å². The third kappa shape index (κ3) is 0.671. The molecular formula is C7H11N3. The Hall–Kier alpha value is -0.830. The second-order valence-corrected chi connectivity index (χ2v) is 2.65. The van der Waals surface area contributed by atoms with Crippen molar-refractivity contribution >= 4 is 0 Å². The SMILES string of the molecule is NCc1cnn2c1CCC2. The molecule has 0 bridgehead atoms. The van der Waals surface area contributed by atoms with Crippen LogP contribution in [0.3, 0.4) is 0 Å². The Labute approximate surface area is 59.8 Å². The lowest BCUT2D eigenvalue weighted by Gasteiger charge is -1.93. The van der Waals surface area contributed by atoms with Crippen LogP contribution in [0.4, 0.5) is 0 Å². The summed E-state index contributed by atoms with van der Waals surface area (Å²) in [6, 6.07) is 0. The van der Waals surface area contributed by atoms with E-state index in [2.05, 4.69) is 9.78 Å². The van der Waals surface area contributed by atoms with E-state index in [1.807, 2.05) is 6.20 Å². The Bertz CT molecular complexity index is 239. The molecule has 1 aliphatic rings. The van der Waals surface area contributed by atoms with Gasteiger partial charge in [-0.05, 0) is 12.8 Å². The number of fused-ring (bicyclic) bond motifs is 1. The van der Waals surface area contributed by atoms with E-state index >= 15 is 0 Å². The van der Waals surface area contributed by atoms with Gasteiger partial charge in [-0.25, -0.2) is 0 Å². The zero-order chi connectivity index (χ0) is 6.97. The summed E-state index contributed by atoms with van der Waals surface area (Å²) < 4.78 is 2.06. The average molecular weight is 137 g/mol. The fraction of sp³-hybridized carbons (Fsp3) is 0.571. The fourth-order valence-corrected chi connectivity index (χ4v) is 1.50. The van der Waals surface area contributed by atoms with E-state index in [4.69, 9.17) is 5.73 Å². The van der Waals surface area contributed by atoms with Crippen molar-refractivity contribution in [1.82, 2.24) is 9.78 Å². The Balaban J connectivity index is 2.44. The number of nitrogens with two attached hydrogens (primary N) is 1. The topological polar surface area (TPSA) is 43.8 Å². The lowest BCUT2D eigenvalue weighted by Crippen LogP contribution is -1.99. The van der Waals surface area contributed by atoms with E-state index in [0.29, 0.717) is 6.54 Å². The van der Waals surface area contributed by atoms with Crippen molar-refractivity contribution < 1.29 is 0 Å². The zero-order valence-corrected chi connectivity index (χ0v) is 5.88. The number of nitrogens with zero attached hydrogens (tertiary/aromatic N) is 2. The molecule has 0 unspecified atom stereocenters. The molecule has 10 heavy (non-hydrogen) atoms. The predicted octanol–water partition coefficient (Wildman–Crippen LogP) is 0.288. The molecule has 0 spiro atoms. The van der Waals surface area contributed by atoms with Crippen LogP contribution in [-0.2, 0) is 19.5 Å². The van der Waals surface area contributed by atoms with Crippen molar-refractivity contribution in [2.45, 2.75) is 25.9 Å². The summed E-state index contributed by atoms with van der Waals surface area (Å²) in [7, 11) is 0. The van der Waals surface area contributed by atoms with Crippen molar-refractivity contribution in [3.63, 3.8) is 0 Å². The highest BCUT2D eigenvalue weighted by molar-refractivity contribution is 5.19. The first-order chi connectivity index (χ1) is 4.92. The minimum Gasteiger partial charge on any atom is -0.326 e. The Morgan fingerprint density at radius 2 is 2.60 bits per heavy atom. The van der Waals surface area contributed by atoms with Crippen LogP contribution in [0.5, 0.6) is 0 Å². The van der Waals surface area contributed by atoms with Crippen LogP contribution in [0.15, 0.2) is 6.20 Å². The molecule has 1 aromatic heterocycles. The highest BCUT2D eigenvalue weighted by Gasteiger charge is 2.14. The van der Waals surface area contributed by atoms with Crippen LogP contribution < -0.4 is 5.73 Å². The summed E-state index contributed by atoms with van der Waals surface area (Å²) in [6.45, 7) is 1.71. The number of aryl methyl sites for hydroxylation is 1. The molecule has 2 rings (SSSR count). The molecule has 2 N–H and O–H groups in total. The molecule has 0 saturated heterocycles. The molecule has 3 heteroatoms. The average Bonchev–Trinajstić information content (AvgIpc) is 2.44. The van der Waals surface area contributed by atoms with Crippen molar-refractivity contribution in [3.8, 4) is 0 Å². The summed E-state index contributed by atoms with van der Waals surface area (Å²) in [5.74, 6) is 0. The van der Waals surface area contributed by atoms with Gasteiger partial charge in [0.05, 0.1) is 6.20 Å². The molecule has 2 heterocycles. The number of aromatic nitrogens is 2. The molecule has 0 aromatic carbocycles. The molecule has 0 radical (unpaired) electrons. The first kappa shape index (κ1) is 5.92. The van der Waals surface area contributed by atoms with Crippen LogP contribution in [0, 0.1) is 0 Å². The number of hydrogen-bond donors (Lipinski definition) is 1. The molecule has 0 atom stereocenters. The summed E-state index contributed by atoms with van der Waals surface area (Å²) in [5.41, 5.74) is 8.08. The van der Waals surface area contributed by atoms with Gasteiger partial charge in [-0.1, -0.05) is 0 Å². The van der Waals surface area contributed by atoms with E-state index in [1.165, 1.54) is 17.7 Å². The maximum absolute atomic E-state index is 5.51. The Morgan fingerprint density at radius 3 is 3.40 bits per heavy atom. The second kappa shape index (κ2) is 2.09. The van der Waals surface area contributed by atoms with Gasteiger partial charge < -0.3 is 5.73 Å². The lowest BCUT2D eigenvalue weighted by atomic mass is 10.2. The van der Waals surface area contributed by atoms with Gasteiger partial charge in [-0.2, -0.15) is 5.10 Å². The highest BCUT2D eigenvalue weighted by Crippen LogP contribution is 2.16. The molecule has 0 fully saturated rings. The van der Waals surface area contributed by atoms with Gasteiger partial charge in [-0.3, -0.25) is 4.68 Å². The van der Waals surface area contributed by atoms with Gasteiger partial charge in [0.1, 0.15) is 0 Å². The Kier molecular flexibility index (Phi) is 1.24. The van der Waals surface area contributed by atoms with Gasteiger partial charge in [0, 0.05) is 24.3 Å². The predicted molar refractivity (Wildman–Crippen MR) is 38.4 cm³/mol. The van der Waals surface area contributed by atoms with Gasteiger partial charge in [0.15, 0.2) is 0 Å². The maximum Gasteiger partial charge on any atom is 0.0537 e. The minimum atomic E-state index is 0.634. The van der Waals surface area contributed by atoms with Crippen LogP contribution in [0.1, 0.15) is 17.7 Å². The summed E-state index contributed by atoms with van der Waals surface area (Å²) in [6.07, 6.45) is 4.28. The minimum absolute atomic E-state index is 0.634. The van der Waals surface area contributed by atoms with E-state index in [1.54, 1.807) is 0 Å². The molecular weight excluding hydrogens is 126 g/mol. The van der Waals surface area contributed by atoms with Crippen molar-refractivity contribution in [1.29, 1.82) is 0 Å². The van der Waals surface area contributed by atoms with E-state index < -0.39 is 0 Å². The van der Waals surface area contributed by atoms with Crippen molar-refractivity contribution in [2.24, 2.45) is 5.73 Å². The van der Waals surface area contributed by atoms with Crippen LogP contribution in [0.25, 0.3) is 0 Å². The van der Waals surface area contributed by atoms with E-state index in [9.17, 15) is 0 Å². The van der Waals surface area contributed by atoms with E-state index in [-0.39, 0.29) is 0 Å². The van der Waals surface area contributed by atoms with Crippen molar-refractivity contribution in [3.05, 3.63) is 17.5 Å². The van der Waals surface area contributed by atoms with Gasteiger partial charge in [0.25, 0.3) is 0 Å². The monoisotopic (exact) mass is 137 g/mol. The Morgan fingerprint density at radius 1 is 1.70 bits per heavy atom. The molecule has 0 saturated carbocycles. The lowest BCUT2D eigenvalue weighted by molar-refractivity contribution is 0.656.